The molecule has 3 N–H and O–H groups in total. The summed E-state index contributed by atoms with van der Waals surface area (Å²) in [6.07, 6.45) is 0. The molecule has 0 radical (unpaired) electrons. The summed E-state index contributed by atoms with van der Waals surface area (Å²) in [5, 5.41) is 10.7. The van der Waals surface area contributed by atoms with Gasteiger partial charge in [-0.1, -0.05) is 60.7 Å². The molecular weight excluding hydrogens is 436 g/mol. The summed E-state index contributed by atoms with van der Waals surface area (Å²) in [6, 6.07) is 26.4. The van der Waals surface area contributed by atoms with E-state index in [2.05, 4.69) is 5.32 Å². The second-order valence-electron chi connectivity index (χ2n) is 7.58. The molecule has 4 aromatic carbocycles. The van der Waals surface area contributed by atoms with E-state index in [1.807, 2.05) is 72.8 Å². The minimum Gasteiger partial charge on any atom is -0.493 e. The van der Waals surface area contributed by atoms with Gasteiger partial charge < -0.3 is 14.8 Å². The van der Waals surface area contributed by atoms with Crippen LogP contribution in [0.3, 0.4) is 0 Å². The molecule has 0 saturated carbocycles. The molecule has 0 aliphatic heterocycles. The molecule has 0 atom stereocenters. The van der Waals surface area contributed by atoms with Crippen LogP contribution in [0.25, 0.3) is 21.9 Å². The summed E-state index contributed by atoms with van der Waals surface area (Å²) in [6.45, 7) is 1.73. The monoisotopic (exact) mass is 462 g/mol. The molecule has 0 heterocycles. The van der Waals surface area contributed by atoms with Gasteiger partial charge >= 0.3 is 0 Å². The van der Waals surface area contributed by atoms with Gasteiger partial charge in [-0.15, -0.1) is 0 Å². The Labute approximate surface area is 194 Å². The smallest absolute Gasteiger partial charge is 0.238 e. The number of sulfonamides is 1. The highest BCUT2D eigenvalue weighted by Gasteiger charge is 2.18. The third kappa shape index (κ3) is 5.34. The Morgan fingerprint density at radius 2 is 1.64 bits per heavy atom. The van der Waals surface area contributed by atoms with Crippen LogP contribution in [-0.2, 0) is 16.6 Å². The van der Waals surface area contributed by atoms with Gasteiger partial charge in [-0.2, -0.15) is 0 Å². The van der Waals surface area contributed by atoms with E-state index in [9.17, 15) is 8.42 Å². The quantitative estimate of drug-likeness (QED) is 0.361. The average molecular weight is 463 g/mol. The van der Waals surface area contributed by atoms with E-state index in [0.717, 1.165) is 21.9 Å². The zero-order valence-electron chi connectivity index (χ0n) is 18.3. The number of hydrogen-bond donors (Lipinski definition) is 2. The Morgan fingerprint density at radius 3 is 2.42 bits per heavy atom. The zero-order chi connectivity index (χ0) is 23.3. The van der Waals surface area contributed by atoms with Crippen LogP contribution in [0.4, 0.5) is 0 Å². The number of para-hydroxylation sites is 2. The summed E-state index contributed by atoms with van der Waals surface area (Å²) in [5.41, 5.74) is 2.45. The van der Waals surface area contributed by atoms with Crippen molar-refractivity contribution in [3.8, 4) is 22.6 Å². The van der Waals surface area contributed by atoms with Crippen LogP contribution < -0.4 is 19.9 Å². The number of methoxy groups -OCH3 is 1. The van der Waals surface area contributed by atoms with Crippen LogP contribution in [0, 0.1) is 0 Å². The molecule has 170 valence electrons. The van der Waals surface area contributed by atoms with Gasteiger partial charge in [-0.3, -0.25) is 0 Å². The predicted molar refractivity (Wildman–Crippen MR) is 131 cm³/mol. The van der Waals surface area contributed by atoms with Gasteiger partial charge in [0.2, 0.25) is 10.0 Å². The molecule has 0 amide bonds. The minimum absolute atomic E-state index is 0.122. The lowest BCUT2D eigenvalue weighted by molar-refractivity contribution is 0.292. The Kier molecular flexibility index (Phi) is 6.93. The summed E-state index contributed by atoms with van der Waals surface area (Å²) < 4.78 is 35.7. The van der Waals surface area contributed by atoms with E-state index in [-0.39, 0.29) is 4.90 Å². The third-order valence-corrected chi connectivity index (χ3v) is 6.30. The first-order valence-corrected chi connectivity index (χ1v) is 12.1. The Bertz CT molecular complexity index is 1370. The molecule has 6 nitrogen and oxygen atoms in total. The first kappa shape index (κ1) is 22.8. The maximum Gasteiger partial charge on any atom is 0.238 e. The van der Waals surface area contributed by atoms with Crippen molar-refractivity contribution in [1.29, 1.82) is 0 Å². The predicted octanol–water partition coefficient (Wildman–Crippen LogP) is 4.33. The third-order valence-electron chi connectivity index (χ3n) is 5.35. The fourth-order valence-corrected chi connectivity index (χ4v) is 4.60. The van der Waals surface area contributed by atoms with Gasteiger partial charge in [-0.05, 0) is 46.2 Å². The highest BCUT2D eigenvalue weighted by molar-refractivity contribution is 7.89. The number of hydrogen-bond acceptors (Lipinski definition) is 5. The highest BCUT2D eigenvalue weighted by Crippen LogP contribution is 2.34. The molecule has 0 saturated heterocycles. The Balaban J connectivity index is 1.50. The van der Waals surface area contributed by atoms with Gasteiger partial charge in [0.25, 0.3) is 0 Å². The van der Waals surface area contributed by atoms with E-state index >= 15 is 0 Å². The summed E-state index contributed by atoms with van der Waals surface area (Å²) in [7, 11) is -2.27. The molecule has 33 heavy (non-hydrogen) atoms. The van der Waals surface area contributed by atoms with Gasteiger partial charge in [0, 0.05) is 18.7 Å². The lowest BCUT2D eigenvalue weighted by atomic mass is 9.97. The normalized spacial score (nSPS) is 11.5. The van der Waals surface area contributed by atoms with Crippen LogP contribution in [0.1, 0.15) is 5.56 Å². The summed E-state index contributed by atoms with van der Waals surface area (Å²) in [4.78, 5) is 0.122. The van der Waals surface area contributed by atoms with Crippen LogP contribution in [-0.4, -0.2) is 28.7 Å². The van der Waals surface area contributed by atoms with Gasteiger partial charge in [0.15, 0.2) is 11.5 Å². The highest BCUT2D eigenvalue weighted by atomic mass is 32.2. The van der Waals surface area contributed by atoms with Crippen molar-refractivity contribution < 1.29 is 17.9 Å². The standard InChI is InChI=1S/C26H26N2O4S/c1-31-23-11-4-5-12-24(23)32-16-15-28-18-19-7-6-9-21(17-19)26-22-10-3-2-8-20(22)13-14-25(26)33(27,29)30/h2-14,17,28H,15-16,18H2,1H3,(H2,27,29,30). The second kappa shape index (κ2) is 10.0. The molecule has 0 unspecified atom stereocenters. The molecule has 0 aliphatic carbocycles. The fourth-order valence-electron chi connectivity index (χ4n) is 3.83. The largest absolute Gasteiger partial charge is 0.493 e. The second-order valence-corrected chi connectivity index (χ2v) is 9.11. The van der Waals surface area contributed by atoms with Gasteiger partial charge in [0.1, 0.15) is 6.61 Å². The van der Waals surface area contributed by atoms with E-state index in [1.165, 1.54) is 0 Å². The van der Waals surface area contributed by atoms with Crippen LogP contribution >= 0.6 is 0 Å². The van der Waals surface area contributed by atoms with E-state index in [0.29, 0.717) is 36.8 Å². The topological polar surface area (TPSA) is 90.7 Å². The van der Waals surface area contributed by atoms with Gasteiger partial charge in [-0.25, -0.2) is 13.6 Å². The molecule has 0 aromatic heterocycles. The minimum atomic E-state index is -3.88. The molecule has 0 spiro atoms. The number of primary sulfonamides is 1. The van der Waals surface area contributed by atoms with E-state index < -0.39 is 10.0 Å². The van der Waals surface area contributed by atoms with Crippen LogP contribution in [0.15, 0.2) is 89.8 Å². The summed E-state index contributed by atoms with van der Waals surface area (Å²) in [5.74, 6) is 1.40. The van der Waals surface area contributed by atoms with Crippen molar-refractivity contribution in [2.45, 2.75) is 11.4 Å². The Hall–Kier alpha value is -3.39. The average Bonchev–Trinajstić information content (AvgIpc) is 2.83. The number of ether oxygens (including phenoxy) is 2. The molecule has 0 aliphatic rings. The van der Waals surface area contributed by atoms with Crippen molar-refractivity contribution in [3.63, 3.8) is 0 Å². The SMILES string of the molecule is COc1ccccc1OCCNCc1cccc(-c2c(S(N)(=O)=O)ccc3ccccc23)c1. The maximum atomic E-state index is 12.3. The molecule has 7 heteroatoms. The van der Waals surface area contributed by atoms with Crippen molar-refractivity contribution in [2.75, 3.05) is 20.3 Å². The van der Waals surface area contributed by atoms with Crippen LogP contribution in [0.2, 0.25) is 0 Å². The van der Waals surface area contributed by atoms with E-state index in [4.69, 9.17) is 14.6 Å². The first-order chi connectivity index (χ1) is 16.0. The first-order valence-electron chi connectivity index (χ1n) is 10.6. The molecule has 0 bridgehead atoms. The number of nitrogens with one attached hydrogen (secondary N) is 1. The zero-order valence-corrected chi connectivity index (χ0v) is 19.1. The van der Waals surface area contributed by atoms with Gasteiger partial charge in [0.05, 0.1) is 12.0 Å². The number of rotatable bonds is 9. The molecule has 0 fully saturated rings. The van der Waals surface area contributed by atoms with Crippen LogP contribution in [0.5, 0.6) is 11.5 Å². The van der Waals surface area contributed by atoms with Crippen molar-refractivity contribution in [1.82, 2.24) is 5.32 Å². The number of benzene rings is 4. The summed E-state index contributed by atoms with van der Waals surface area (Å²) >= 11 is 0. The molecule has 4 aromatic rings. The Morgan fingerprint density at radius 1 is 0.879 bits per heavy atom. The maximum absolute atomic E-state index is 12.3. The number of nitrogens with two attached hydrogens (primary N) is 1. The molecule has 4 rings (SSSR count). The fraction of sp³-hybridized carbons (Fsp3) is 0.154. The van der Waals surface area contributed by atoms with Crippen molar-refractivity contribution in [3.05, 3.63) is 90.5 Å². The lowest BCUT2D eigenvalue weighted by Gasteiger charge is -2.14. The van der Waals surface area contributed by atoms with E-state index in [1.54, 1.807) is 19.2 Å². The lowest BCUT2D eigenvalue weighted by Crippen LogP contribution is -2.20. The number of fused-ring (bicyclic) bond motifs is 1. The van der Waals surface area contributed by atoms with Crippen molar-refractivity contribution in [2.24, 2.45) is 5.14 Å². The van der Waals surface area contributed by atoms with Crippen molar-refractivity contribution >= 4 is 20.8 Å². The molecular formula is C26H26N2O4S.